The van der Waals surface area contributed by atoms with Crippen molar-refractivity contribution in [1.29, 1.82) is 0 Å². The van der Waals surface area contributed by atoms with Crippen molar-refractivity contribution in [1.82, 2.24) is 4.98 Å². The largest absolute Gasteiger partial charge is 0.489 e. The highest BCUT2D eigenvalue weighted by Gasteiger charge is 2.08. The molecule has 1 N–H and O–H groups in total. The van der Waals surface area contributed by atoms with E-state index in [2.05, 4.69) is 15.5 Å². The third kappa shape index (κ3) is 6.73. The summed E-state index contributed by atoms with van der Waals surface area (Å²) in [4.78, 5) is 15.8. The van der Waals surface area contributed by atoms with Gasteiger partial charge in [-0.25, -0.2) is 4.98 Å². The second kappa shape index (κ2) is 11.0. The molecule has 0 saturated heterocycles. The highest BCUT2D eigenvalue weighted by atomic mass is 35.5. The molecule has 0 unspecified atom stereocenters. The van der Waals surface area contributed by atoms with Crippen LogP contribution in [0.1, 0.15) is 23.7 Å². The van der Waals surface area contributed by atoms with Crippen LogP contribution >= 0.6 is 34.5 Å². The molecular formula is C21H19Cl2N3O3S. The minimum Gasteiger partial charge on any atom is -0.489 e. The first kappa shape index (κ1) is 22.1. The zero-order chi connectivity index (χ0) is 21.3. The molecule has 9 heteroatoms. The average molecular weight is 464 g/mol. The first-order valence-corrected chi connectivity index (χ1v) is 10.7. The van der Waals surface area contributed by atoms with Crippen LogP contribution < -0.4 is 10.2 Å². The predicted octanol–water partition coefficient (Wildman–Crippen LogP) is 5.58. The van der Waals surface area contributed by atoms with Crippen molar-refractivity contribution in [2.24, 2.45) is 5.10 Å². The first-order chi connectivity index (χ1) is 14.5. The summed E-state index contributed by atoms with van der Waals surface area (Å²) in [6, 6.07) is 12.8. The molecule has 3 rings (SSSR count). The lowest BCUT2D eigenvalue weighted by atomic mass is 10.2. The third-order valence-corrected chi connectivity index (χ3v) is 5.23. The van der Waals surface area contributed by atoms with E-state index in [1.54, 1.807) is 30.7 Å². The second-order valence-corrected chi connectivity index (χ2v) is 7.79. The van der Waals surface area contributed by atoms with E-state index >= 15 is 0 Å². The van der Waals surface area contributed by atoms with Gasteiger partial charge in [-0.1, -0.05) is 29.3 Å². The van der Waals surface area contributed by atoms with Gasteiger partial charge in [0.15, 0.2) is 0 Å². The lowest BCUT2D eigenvalue weighted by molar-refractivity contribution is -0.142. The van der Waals surface area contributed by atoms with Gasteiger partial charge in [0.05, 0.1) is 24.9 Å². The van der Waals surface area contributed by atoms with Crippen molar-refractivity contribution in [3.8, 4) is 5.75 Å². The van der Waals surface area contributed by atoms with Crippen molar-refractivity contribution >= 4 is 51.9 Å². The predicted molar refractivity (Wildman–Crippen MR) is 121 cm³/mol. The number of ether oxygens (including phenoxy) is 2. The van der Waals surface area contributed by atoms with Crippen LogP contribution in [0.15, 0.2) is 52.9 Å². The third-order valence-electron chi connectivity index (χ3n) is 3.85. The van der Waals surface area contributed by atoms with Crippen LogP contribution in [0.3, 0.4) is 0 Å². The topological polar surface area (TPSA) is 72.8 Å². The minimum atomic E-state index is -0.293. The maximum atomic E-state index is 11.5. The number of halogens is 2. The molecule has 0 spiro atoms. The molecule has 30 heavy (non-hydrogen) atoms. The molecule has 0 aliphatic carbocycles. The zero-order valence-corrected chi connectivity index (χ0v) is 18.4. The number of hydrogen-bond acceptors (Lipinski definition) is 7. The van der Waals surface area contributed by atoms with E-state index in [1.165, 1.54) is 11.3 Å². The molecule has 0 bridgehead atoms. The van der Waals surface area contributed by atoms with Crippen LogP contribution in [-0.2, 0) is 22.6 Å². The Hall–Kier alpha value is -2.61. The van der Waals surface area contributed by atoms with Crippen molar-refractivity contribution < 1.29 is 14.3 Å². The van der Waals surface area contributed by atoms with Crippen molar-refractivity contribution in [2.45, 2.75) is 20.0 Å². The fourth-order valence-electron chi connectivity index (χ4n) is 2.41. The van der Waals surface area contributed by atoms with Gasteiger partial charge in [-0.2, -0.15) is 5.10 Å². The molecule has 0 amide bonds. The molecule has 0 aliphatic rings. The van der Waals surface area contributed by atoms with Gasteiger partial charge < -0.3 is 9.47 Å². The number of carbonyl (C=O) groups excluding carboxylic acids is 1. The number of thiazole rings is 1. The van der Waals surface area contributed by atoms with Crippen LogP contribution in [0, 0.1) is 0 Å². The van der Waals surface area contributed by atoms with E-state index in [-0.39, 0.29) is 12.4 Å². The molecule has 1 heterocycles. The molecule has 6 nitrogen and oxygen atoms in total. The lowest BCUT2D eigenvalue weighted by Crippen LogP contribution is -2.07. The number of anilines is 1. The number of benzene rings is 2. The van der Waals surface area contributed by atoms with E-state index < -0.39 is 0 Å². The Morgan fingerprint density at radius 3 is 2.77 bits per heavy atom. The Morgan fingerprint density at radius 1 is 1.23 bits per heavy atom. The number of aromatic nitrogens is 1. The number of rotatable bonds is 9. The summed E-state index contributed by atoms with van der Waals surface area (Å²) < 4.78 is 10.7. The van der Waals surface area contributed by atoms with E-state index in [1.807, 2.05) is 30.3 Å². The number of hydrogen-bond donors (Lipinski definition) is 1. The van der Waals surface area contributed by atoms with E-state index in [9.17, 15) is 4.79 Å². The normalized spacial score (nSPS) is 10.9. The van der Waals surface area contributed by atoms with E-state index in [0.717, 1.165) is 16.9 Å². The van der Waals surface area contributed by atoms with Gasteiger partial charge >= 0.3 is 5.97 Å². The van der Waals surface area contributed by atoms with Crippen LogP contribution in [0.4, 0.5) is 5.13 Å². The number of hydrazone groups is 1. The summed E-state index contributed by atoms with van der Waals surface area (Å²) >= 11 is 13.4. The Kier molecular flexibility index (Phi) is 8.07. The molecule has 1 aromatic heterocycles. The zero-order valence-electron chi connectivity index (χ0n) is 16.1. The van der Waals surface area contributed by atoms with E-state index in [0.29, 0.717) is 34.1 Å². The van der Waals surface area contributed by atoms with Gasteiger partial charge in [0.1, 0.15) is 12.4 Å². The summed E-state index contributed by atoms with van der Waals surface area (Å²) in [6.45, 7) is 2.48. The van der Waals surface area contributed by atoms with Crippen molar-refractivity contribution in [3.05, 3.63) is 74.7 Å². The Balaban J connectivity index is 1.49. The van der Waals surface area contributed by atoms with Gasteiger partial charge in [0.2, 0.25) is 5.13 Å². The molecule has 0 atom stereocenters. The summed E-state index contributed by atoms with van der Waals surface area (Å²) in [5, 5.41) is 7.74. The maximum absolute atomic E-state index is 11.5. The van der Waals surface area contributed by atoms with Crippen LogP contribution in [0.25, 0.3) is 0 Å². The van der Waals surface area contributed by atoms with Gasteiger partial charge in [0, 0.05) is 21.0 Å². The van der Waals surface area contributed by atoms with Gasteiger partial charge in [-0.15, -0.1) is 11.3 Å². The van der Waals surface area contributed by atoms with Gasteiger partial charge in [-0.3, -0.25) is 10.2 Å². The molecule has 156 valence electrons. The van der Waals surface area contributed by atoms with Crippen molar-refractivity contribution in [2.75, 3.05) is 12.0 Å². The smallest absolute Gasteiger partial charge is 0.311 e. The number of esters is 1. The lowest BCUT2D eigenvalue weighted by Gasteiger charge is -2.08. The van der Waals surface area contributed by atoms with Crippen LogP contribution in [0.5, 0.6) is 5.75 Å². The summed E-state index contributed by atoms with van der Waals surface area (Å²) in [5.74, 6) is 0.424. The van der Waals surface area contributed by atoms with Gasteiger partial charge in [0.25, 0.3) is 0 Å². The number of carbonyl (C=O) groups is 1. The highest BCUT2D eigenvalue weighted by Crippen LogP contribution is 2.23. The minimum absolute atomic E-state index is 0.151. The Morgan fingerprint density at radius 2 is 2.03 bits per heavy atom. The Labute approximate surface area is 188 Å². The molecule has 0 aliphatic heterocycles. The highest BCUT2D eigenvalue weighted by molar-refractivity contribution is 7.13. The monoisotopic (exact) mass is 463 g/mol. The summed E-state index contributed by atoms with van der Waals surface area (Å²) in [6.07, 6.45) is 1.82. The maximum Gasteiger partial charge on any atom is 0.311 e. The Bertz CT molecular complexity index is 1020. The van der Waals surface area contributed by atoms with E-state index in [4.69, 9.17) is 32.7 Å². The molecular weight excluding hydrogens is 445 g/mol. The SMILES string of the molecule is CCOC(=O)Cc1csc(NN=Cc2ccc(OCc3ccc(Cl)cc3Cl)cc2)n1. The fourth-order valence-corrected chi connectivity index (χ4v) is 3.53. The number of nitrogens with zero attached hydrogens (tertiary/aromatic N) is 2. The first-order valence-electron chi connectivity index (χ1n) is 9.09. The fraction of sp³-hybridized carbons (Fsp3) is 0.190. The molecule has 0 saturated carbocycles. The second-order valence-electron chi connectivity index (χ2n) is 6.09. The quantitative estimate of drug-likeness (QED) is 0.254. The van der Waals surface area contributed by atoms with Crippen LogP contribution in [-0.4, -0.2) is 23.8 Å². The molecule has 0 fully saturated rings. The summed E-state index contributed by atoms with van der Waals surface area (Å²) in [7, 11) is 0. The van der Waals surface area contributed by atoms with Gasteiger partial charge in [-0.05, 0) is 48.9 Å². The van der Waals surface area contributed by atoms with Crippen molar-refractivity contribution in [3.63, 3.8) is 0 Å². The summed E-state index contributed by atoms with van der Waals surface area (Å²) in [5.41, 5.74) is 5.26. The number of nitrogens with one attached hydrogen (secondary N) is 1. The molecule has 0 radical (unpaired) electrons. The van der Waals surface area contributed by atoms with Crippen LogP contribution in [0.2, 0.25) is 10.0 Å². The standard InChI is InChI=1S/C21H19Cl2N3O3S/c1-2-28-20(27)10-17-13-30-21(25-17)26-24-11-14-3-7-18(8-4-14)29-12-15-5-6-16(22)9-19(15)23/h3-9,11,13H,2,10,12H2,1H3,(H,25,26). The molecule has 3 aromatic rings. The average Bonchev–Trinajstić information content (AvgIpc) is 3.15. The molecule has 2 aromatic carbocycles.